The van der Waals surface area contributed by atoms with Crippen molar-refractivity contribution in [1.82, 2.24) is 29.9 Å². The lowest BCUT2D eigenvalue weighted by Crippen LogP contribution is -2.24. The number of benzene rings is 2. The van der Waals surface area contributed by atoms with Gasteiger partial charge >= 0.3 is 0 Å². The molecule has 2 heterocycles. The van der Waals surface area contributed by atoms with Crippen LogP contribution in [-0.2, 0) is 13.6 Å². The molecule has 0 fully saturated rings. The van der Waals surface area contributed by atoms with Crippen LogP contribution in [0.15, 0.2) is 60.8 Å². The van der Waals surface area contributed by atoms with Gasteiger partial charge in [0.2, 0.25) is 0 Å². The maximum absolute atomic E-state index is 13.0. The third-order valence-corrected chi connectivity index (χ3v) is 5.09. The molecule has 146 valence electrons. The standard InChI is InChI=1S/C20H17ClN6OS/c1-26-17(23-24-20(26)29)11-22-19(28)16-12-27(15-5-3-2-4-6-15)25-18(16)13-7-9-14(21)10-8-13/h2-10,12H,11H2,1H3,(H,22,28)(H,24,29). The fourth-order valence-corrected chi connectivity index (χ4v) is 3.14. The molecule has 0 atom stereocenters. The molecule has 0 bridgehead atoms. The second-order valence-corrected chi connectivity index (χ2v) is 7.19. The molecule has 1 amide bonds. The van der Waals surface area contributed by atoms with Crippen LogP contribution >= 0.6 is 23.8 Å². The summed E-state index contributed by atoms with van der Waals surface area (Å²) in [6, 6.07) is 16.8. The highest BCUT2D eigenvalue weighted by Crippen LogP contribution is 2.25. The van der Waals surface area contributed by atoms with Gasteiger partial charge in [0.05, 0.1) is 17.8 Å². The van der Waals surface area contributed by atoms with Crippen molar-refractivity contribution in [3.63, 3.8) is 0 Å². The Bertz CT molecular complexity index is 1210. The minimum absolute atomic E-state index is 0.235. The van der Waals surface area contributed by atoms with Crippen molar-refractivity contribution in [2.45, 2.75) is 6.54 Å². The van der Waals surface area contributed by atoms with E-state index in [1.54, 1.807) is 34.6 Å². The highest BCUT2D eigenvalue weighted by atomic mass is 35.5. The fourth-order valence-electron chi connectivity index (χ4n) is 2.87. The van der Waals surface area contributed by atoms with Crippen molar-refractivity contribution in [2.24, 2.45) is 7.05 Å². The molecule has 2 N–H and O–H groups in total. The first-order valence-electron chi connectivity index (χ1n) is 8.82. The summed E-state index contributed by atoms with van der Waals surface area (Å²) in [4.78, 5) is 13.0. The highest BCUT2D eigenvalue weighted by Gasteiger charge is 2.19. The molecule has 0 aliphatic heterocycles. The smallest absolute Gasteiger partial charge is 0.255 e. The average Bonchev–Trinajstić information content (AvgIpc) is 3.32. The van der Waals surface area contributed by atoms with Crippen LogP contribution in [0.3, 0.4) is 0 Å². The Balaban J connectivity index is 1.69. The zero-order valence-electron chi connectivity index (χ0n) is 15.5. The Morgan fingerprint density at radius 1 is 1.17 bits per heavy atom. The fraction of sp³-hybridized carbons (Fsp3) is 0.100. The molecule has 29 heavy (non-hydrogen) atoms. The van der Waals surface area contributed by atoms with Gasteiger partial charge < -0.3 is 9.88 Å². The van der Waals surface area contributed by atoms with Gasteiger partial charge in [0.25, 0.3) is 5.91 Å². The summed E-state index contributed by atoms with van der Waals surface area (Å²) in [6.45, 7) is 0.235. The van der Waals surface area contributed by atoms with E-state index >= 15 is 0 Å². The first kappa shape index (κ1) is 19.1. The number of aromatic nitrogens is 5. The predicted octanol–water partition coefficient (Wildman–Crippen LogP) is 3.91. The summed E-state index contributed by atoms with van der Waals surface area (Å²) in [6.07, 6.45) is 1.72. The maximum atomic E-state index is 13.0. The third-order valence-electron chi connectivity index (χ3n) is 4.48. The number of halogens is 1. The number of nitrogens with one attached hydrogen (secondary N) is 2. The van der Waals surface area contributed by atoms with E-state index in [2.05, 4.69) is 20.6 Å². The van der Waals surface area contributed by atoms with E-state index in [4.69, 9.17) is 23.8 Å². The second kappa shape index (κ2) is 8.02. The van der Waals surface area contributed by atoms with Crippen LogP contribution in [0.4, 0.5) is 0 Å². The molecule has 0 aliphatic rings. The van der Waals surface area contributed by atoms with Gasteiger partial charge in [0.15, 0.2) is 10.6 Å². The van der Waals surface area contributed by atoms with Crippen molar-refractivity contribution in [1.29, 1.82) is 0 Å². The molecule has 2 aromatic carbocycles. The van der Waals surface area contributed by atoms with E-state index in [1.807, 2.05) is 42.5 Å². The van der Waals surface area contributed by atoms with Crippen LogP contribution in [0.1, 0.15) is 16.2 Å². The van der Waals surface area contributed by atoms with Crippen molar-refractivity contribution >= 4 is 29.7 Å². The number of carbonyl (C=O) groups excluding carboxylic acids is 1. The van der Waals surface area contributed by atoms with Gasteiger partial charge in [0, 0.05) is 23.8 Å². The van der Waals surface area contributed by atoms with E-state index in [0.717, 1.165) is 11.3 Å². The van der Waals surface area contributed by atoms with Gasteiger partial charge in [-0.1, -0.05) is 41.9 Å². The number of hydrogen-bond acceptors (Lipinski definition) is 4. The topological polar surface area (TPSA) is 80.5 Å². The quantitative estimate of drug-likeness (QED) is 0.476. The number of rotatable bonds is 5. The van der Waals surface area contributed by atoms with E-state index in [9.17, 15) is 4.79 Å². The lowest BCUT2D eigenvalue weighted by Gasteiger charge is -2.05. The Morgan fingerprint density at radius 3 is 2.55 bits per heavy atom. The molecule has 0 aliphatic carbocycles. The van der Waals surface area contributed by atoms with Crippen LogP contribution in [0.5, 0.6) is 0 Å². The Kier molecular flexibility index (Phi) is 5.28. The number of hydrogen-bond donors (Lipinski definition) is 2. The van der Waals surface area contributed by atoms with Crippen LogP contribution < -0.4 is 5.32 Å². The highest BCUT2D eigenvalue weighted by molar-refractivity contribution is 7.71. The first-order valence-corrected chi connectivity index (χ1v) is 9.61. The molecule has 4 aromatic rings. The predicted molar refractivity (Wildman–Crippen MR) is 114 cm³/mol. The van der Waals surface area contributed by atoms with Crippen LogP contribution in [0.2, 0.25) is 5.02 Å². The van der Waals surface area contributed by atoms with Crippen molar-refractivity contribution in [3.05, 3.63) is 82.0 Å². The van der Waals surface area contributed by atoms with Crippen LogP contribution in [0.25, 0.3) is 16.9 Å². The molecule has 4 rings (SSSR count). The summed E-state index contributed by atoms with van der Waals surface area (Å²) in [5, 5.41) is 15.0. The lowest BCUT2D eigenvalue weighted by molar-refractivity contribution is 0.0950. The second-order valence-electron chi connectivity index (χ2n) is 6.37. The summed E-state index contributed by atoms with van der Waals surface area (Å²) in [5.74, 6) is 0.373. The molecule has 0 saturated heterocycles. The van der Waals surface area contributed by atoms with E-state index in [1.165, 1.54) is 0 Å². The number of carbonyl (C=O) groups is 1. The maximum Gasteiger partial charge on any atom is 0.255 e. The van der Waals surface area contributed by atoms with Gasteiger partial charge in [-0.25, -0.2) is 4.68 Å². The van der Waals surface area contributed by atoms with Gasteiger partial charge in [-0.15, -0.1) is 0 Å². The van der Waals surface area contributed by atoms with Crippen LogP contribution in [-0.4, -0.2) is 30.5 Å². The van der Waals surface area contributed by atoms with Crippen LogP contribution in [0, 0.1) is 4.77 Å². The zero-order valence-corrected chi connectivity index (χ0v) is 17.0. The summed E-state index contributed by atoms with van der Waals surface area (Å²) in [5.41, 5.74) is 2.68. The summed E-state index contributed by atoms with van der Waals surface area (Å²) < 4.78 is 3.89. The molecular formula is C20H17ClN6OS. The monoisotopic (exact) mass is 424 g/mol. The lowest BCUT2D eigenvalue weighted by atomic mass is 10.1. The van der Waals surface area contributed by atoms with Gasteiger partial charge in [-0.3, -0.25) is 9.89 Å². The molecule has 7 nitrogen and oxygen atoms in total. The zero-order chi connectivity index (χ0) is 20.4. The SMILES string of the molecule is Cn1c(CNC(=O)c2cn(-c3ccccc3)nc2-c2ccc(Cl)cc2)n[nH]c1=S. The minimum Gasteiger partial charge on any atom is -0.345 e. The number of nitrogens with zero attached hydrogens (tertiary/aromatic N) is 4. The van der Waals surface area contributed by atoms with E-state index in [0.29, 0.717) is 26.9 Å². The third kappa shape index (κ3) is 3.98. The normalized spacial score (nSPS) is 10.8. The molecule has 0 spiro atoms. The molecule has 0 radical (unpaired) electrons. The van der Waals surface area contributed by atoms with E-state index < -0.39 is 0 Å². The number of H-pyrrole nitrogens is 1. The summed E-state index contributed by atoms with van der Waals surface area (Å²) in [7, 11) is 1.79. The largest absolute Gasteiger partial charge is 0.345 e. The number of aromatic amines is 1. The van der Waals surface area contributed by atoms with Gasteiger partial charge in [0.1, 0.15) is 5.69 Å². The number of para-hydroxylation sites is 1. The van der Waals surface area contributed by atoms with Crippen molar-refractivity contribution in [3.8, 4) is 16.9 Å². The van der Waals surface area contributed by atoms with Gasteiger partial charge in [-0.2, -0.15) is 10.2 Å². The molecule has 2 aromatic heterocycles. The minimum atomic E-state index is -0.258. The van der Waals surface area contributed by atoms with Gasteiger partial charge in [-0.05, 0) is 36.5 Å². The molecular weight excluding hydrogens is 408 g/mol. The van der Waals surface area contributed by atoms with E-state index in [-0.39, 0.29) is 12.5 Å². The number of amides is 1. The summed E-state index contributed by atoms with van der Waals surface area (Å²) >= 11 is 11.1. The molecule has 0 saturated carbocycles. The Morgan fingerprint density at radius 2 is 1.90 bits per heavy atom. The Labute approximate surface area is 177 Å². The average molecular weight is 425 g/mol. The van der Waals surface area contributed by atoms with Crippen molar-refractivity contribution in [2.75, 3.05) is 0 Å². The Hall–Kier alpha value is -3.23. The molecule has 0 unspecified atom stereocenters. The first-order chi connectivity index (χ1) is 14.0. The molecule has 9 heteroatoms. The van der Waals surface area contributed by atoms with Crippen molar-refractivity contribution < 1.29 is 4.79 Å².